The van der Waals surface area contributed by atoms with Crippen molar-refractivity contribution >= 4 is 5.91 Å². The molecule has 2 N–H and O–H groups in total. The minimum Gasteiger partial charge on any atom is -0.467 e. The van der Waals surface area contributed by atoms with Gasteiger partial charge in [-0.25, -0.2) is 0 Å². The van der Waals surface area contributed by atoms with E-state index in [1.165, 1.54) is 38.5 Å². The summed E-state index contributed by atoms with van der Waals surface area (Å²) in [5.74, 6) is 3.62. The molecule has 0 unspecified atom stereocenters. The van der Waals surface area contributed by atoms with E-state index in [1.54, 1.807) is 6.26 Å². The monoisotopic (exact) mass is 392 g/mol. The van der Waals surface area contributed by atoms with Gasteiger partial charge in [-0.1, -0.05) is 30.3 Å². The molecule has 4 saturated carbocycles. The number of carbonyl (C=O) groups is 1. The SMILES string of the molecule is C[C@@H](NC(=O)CN[C@@H](c1ccccc1)c1ccco1)C12CC3CC(CC(C3)C1)C2. The van der Waals surface area contributed by atoms with Crippen LogP contribution in [-0.2, 0) is 4.79 Å². The number of benzene rings is 1. The van der Waals surface area contributed by atoms with Gasteiger partial charge in [0, 0.05) is 6.04 Å². The molecule has 29 heavy (non-hydrogen) atoms. The number of nitrogens with one attached hydrogen (secondary N) is 2. The zero-order chi connectivity index (χ0) is 19.8. The highest BCUT2D eigenvalue weighted by Crippen LogP contribution is 2.61. The van der Waals surface area contributed by atoms with Crippen molar-refractivity contribution in [2.45, 2.75) is 57.5 Å². The van der Waals surface area contributed by atoms with Crippen LogP contribution in [0.1, 0.15) is 62.8 Å². The van der Waals surface area contributed by atoms with E-state index in [0.29, 0.717) is 5.41 Å². The largest absolute Gasteiger partial charge is 0.467 e. The number of furan rings is 1. The lowest BCUT2D eigenvalue weighted by atomic mass is 9.48. The highest BCUT2D eigenvalue weighted by molar-refractivity contribution is 5.78. The molecule has 4 fully saturated rings. The van der Waals surface area contributed by atoms with E-state index < -0.39 is 0 Å². The van der Waals surface area contributed by atoms with E-state index in [9.17, 15) is 4.79 Å². The number of rotatable bonds is 7. The minimum atomic E-state index is -0.119. The molecular weight excluding hydrogens is 360 g/mol. The first-order valence-corrected chi connectivity index (χ1v) is 11.2. The molecule has 4 heteroatoms. The summed E-state index contributed by atoms with van der Waals surface area (Å²) in [7, 11) is 0. The van der Waals surface area contributed by atoms with Gasteiger partial charge in [0.2, 0.25) is 5.91 Å². The molecule has 154 valence electrons. The average Bonchev–Trinajstić information content (AvgIpc) is 3.22. The van der Waals surface area contributed by atoms with E-state index in [1.807, 2.05) is 30.3 Å². The number of carbonyl (C=O) groups excluding carboxylic acids is 1. The lowest BCUT2D eigenvalue weighted by molar-refractivity contribution is -0.125. The Morgan fingerprint density at radius 3 is 2.28 bits per heavy atom. The maximum atomic E-state index is 12.8. The summed E-state index contributed by atoms with van der Waals surface area (Å²) in [5.41, 5.74) is 1.44. The van der Waals surface area contributed by atoms with Gasteiger partial charge < -0.3 is 9.73 Å². The van der Waals surface area contributed by atoms with E-state index in [-0.39, 0.29) is 24.5 Å². The summed E-state index contributed by atoms with van der Waals surface area (Å²) in [6.07, 6.45) is 9.92. The Morgan fingerprint density at radius 1 is 1.03 bits per heavy atom. The summed E-state index contributed by atoms with van der Waals surface area (Å²) in [5, 5.41) is 6.77. The first-order chi connectivity index (χ1) is 14.1. The fourth-order valence-corrected chi connectivity index (χ4v) is 6.83. The van der Waals surface area contributed by atoms with Crippen LogP contribution in [0.25, 0.3) is 0 Å². The van der Waals surface area contributed by atoms with Crippen molar-refractivity contribution in [2.75, 3.05) is 6.54 Å². The van der Waals surface area contributed by atoms with Crippen molar-refractivity contribution in [1.29, 1.82) is 0 Å². The molecule has 1 heterocycles. The molecule has 6 rings (SSSR count). The zero-order valence-electron chi connectivity index (χ0n) is 17.3. The highest BCUT2D eigenvalue weighted by atomic mass is 16.3. The van der Waals surface area contributed by atoms with Crippen LogP contribution in [0.2, 0.25) is 0 Å². The molecule has 4 aliphatic rings. The molecule has 0 radical (unpaired) electrons. The summed E-state index contributed by atoms with van der Waals surface area (Å²) in [6.45, 7) is 2.53. The quantitative estimate of drug-likeness (QED) is 0.719. The number of hydrogen-bond donors (Lipinski definition) is 2. The van der Waals surface area contributed by atoms with Crippen molar-refractivity contribution in [3.8, 4) is 0 Å². The molecule has 1 aromatic heterocycles. The second kappa shape index (κ2) is 7.64. The van der Waals surface area contributed by atoms with Crippen LogP contribution in [0, 0.1) is 23.2 Å². The maximum Gasteiger partial charge on any atom is 0.234 e. The fraction of sp³-hybridized carbons (Fsp3) is 0.560. The van der Waals surface area contributed by atoms with Crippen LogP contribution >= 0.6 is 0 Å². The summed E-state index contributed by atoms with van der Waals surface area (Å²) < 4.78 is 5.63. The molecule has 4 aliphatic carbocycles. The van der Waals surface area contributed by atoms with E-state index in [4.69, 9.17) is 4.42 Å². The molecule has 1 aromatic carbocycles. The van der Waals surface area contributed by atoms with Crippen LogP contribution in [0.15, 0.2) is 53.1 Å². The van der Waals surface area contributed by atoms with Gasteiger partial charge in [-0.05, 0) is 86.3 Å². The summed E-state index contributed by atoms with van der Waals surface area (Å²) in [4.78, 5) is 12.8. The highest BCUT2D eigenvalue weighted by Gasteiger charge is 2.53. The third-order valence-corrected chi connectivity index (χ3v) is 7.81. The molecular formula is C25H32N2O2. The first-order valence-electron chi connectivity index (χ1n) is 11.2. The predicted molar refractivity (Wildman–Crippen MR) is 113 cm³/mol. The van der Waals surface area contributed by atoms with Crippen molar-refractivity contribution in [3.05, 3.63) is 60.1 Å². The lowest BCUT2D eigenvalue weighted by Gasteiger charge is -2.59. The molecule has 0 saturated heterocycles. The Kier molecular flexibility index (Phi) is 4.99. The van der Waals surface area contributed by atoms with Gasteiger partial charge in [-0.2, -0.15) is 0 Å². The fourth-order valence-electron chi connectivity index (χ4n) is 6.83. The van der Waals surface area contributed by atoms with Gasteiger partial charge in [0.15, 0.2) is 0 Å². The van der Waals surface area contributed by atoms with Gasteiger partial charge in [-0.15, -0.1) is 0 Å². The zero-order valence-corrected chi connectivity index (χ0v) is 17.3. The van der Waals surface area contributed by atoms with E-state index in [0.717, 1.165) is 29.1 Å². The Balaban J connectivity index is 1.22. The Morgan fingerprint density at radius 2 is 1.69 bits per heavy atom. The topological polar surface area (TPSA) is 54.3 Å². The smallest absolute Gasteiger partial charge is 0.234 e. The minimum absolute atomic E-state index is 0.0840. The van der Waals surface area contributed by atoms with Crippen LogP contribution in [0.4, 0.5) is 0 Å². The second-order valence-corrected chi connectivity index (χ2v) is 9.81. The number of hydrogen-bond acceptors (Lipinski definition) is 3. The Bertz CT molecular complexity index is 794. The van der Waals surface area contributed by atoms with E-state index in [2.05, 4.69) is 29.7 Å². The van der Waals surface area contributed by atoms with Gasteiger partial charge >= 0.3 is 0 Å². The number of amides is 1. The Hall–Kier alpha value is -2.07. The van der Waals surface area contributed by atoms with E-state index >= 15 is 0 Å². The molecule has 0 spiro atoms. The summed E-state index contributed by atoms with van der Waals surface area (Å²) in [6, 6.07) is 14.2. The van der Waals surface area contributed by atoms with Gasteiger partial charge in [-0.3, -0.25) is 10.1 Å². The molecule has 2 aromatic rings. The van der Waals surface area contributed by atoms with Crippen LogP contribution in [0.5, 0.6) is 0 Å². The molecule has 0 aliphatic heterocycles. The van der Waals surface area contributed by atoms with Crippen LogP contribution in [-0.4, -0.2) is 18.5 Å². The lowest BCUT2D eigenvalue weighted by Crippen LogP contribution is -2.56. The van der Waals surface area contributed by atoms with Gasteiger partial charge in [0.25, 0.3) is 0 Å². The van der Waals surface area contributed by atoms with Crippen molar-refractivity contribution in [2.24, 2.45) is 23.2 Å². The van der Waals surface area contributed by atoms with Crippen LogP contribution in [0.3, 0.4) is 0 Å². The van der Waals surface area contributed by atoms with Gasteiger partial charge in [0.05, 0.1) is 18.8 Å². The van der Waals surface area contributed by atoms with Gasteiger partial charge in [0.1, 0.15) is 5.76 Å². The molecule has 4 bridgehead atoms. The Labute approximate surface area is 173 Å². The van der Waals surface area contributed by atoms with Crippen molar-refractivity contribution < 1.29 is 9.21 Å². The normalized spacial score (nSPS) is 32.1. The molecule has 2 atom stereocenters. The van der Waals surface area contributed by atoms with Crippen molar-refractivity contribution in [1.82, 2.24) is 10.6 Å². The molecule has 4 nitrogen and oxygen atoms in total. The standard InChI is InChI=1S/C25H32N2O2/c1-17(25-13-18-10-19(14-25)12-20(11-18)15-25)27-23(28)16-26-24(22-8-5-9-29-22)21-6-3-2-4-7-21/h2-9,17-20,24,26H,10-16H2,1H3,(H,27,28)/t17-,18?,19?,20?,24+,25?/m1/s1. The first kappa shape index (κ1) is 18.9. The summed E-state index contributed by atoms with van der Waals surface area (Å²) >= 11 is 0. The molecule has 1 amide bonds. The second-order valence-electron chi connectivity index (χ2n) is 9.81. The van der Waals surface area contributed by atoms with Crippen molar-refractivity contribution in [3.63, 3.8) is 0 Å². The van der Waals surface area contributed by atoms with Crippen LogP contribution < -0.4 is 10.6 Å². The average molecular weight is 393 g/mol. The maximum absolute atomic E-state index is 12.8. The predicted octanol–water partition coefficient (Wildman–Crippen LogP) is 4.68. The third-order valence-electron chi connectivity index (χ3n) is 7.81. The third kappa shape index (κ3) is 3.75.